The molecule has 0 amide bonds. The van der Waals surface area contributed by atoms with Gasteiger partial charge in [-0.1, -0.05) is 26.0 Å². The Morgan fingerprint density at radius 2 is 1.85 bits per heavy atom. The molecule has 0 spiro atoms. The predicted molar refractivity (Wildman–Crippen MR) is 129 cm³/mol. The summed E-state index contributed by atoms with van der Waals surface area (Å²) in [5.41, 5.74) is 3.54. The van der Waals surface area contributed by atoms with Crippen molar-refractivity contribution >= 4 is 5.97 Å². The lowest BCUT2D eigenvalue weighted by Gasteiger charge is -2.61. The van der Waals surface area contributed by atoms with Gasteiger partial charge in [0.15, 0.2) is 0 Å². The second-order valence-corrected chi connectivity index (χ2v) is 12.2. The van der Waals surface area contributed by atoms with E-state index in [1.54, 1.807) is 7.05 Å². The Bertz CT molecular complexity index is 715. The fraction of sp³-hybridized carbons (Fsp3) is 0.963. The lowest BCUT2D eigenvalue weighted by atomic mass is 9.44. The molecule has 0 aliphatic heterocycles. The van der Waals surface area contributed by atoms with E-state index in [1.165, 1.54) is 51.4 Å². The van der Waals surface area contributed by atoms with Crippen LogP contribution in [0.2, 0.25) is 0 Å². The highest BCUT2D eigenvalue weighted by atomic mass is 16.5. The zero-order valence-electron chi connectivity index (χ0n) is 21.4. The van der Waals surface area contributed by atoms with Crippen molar-refractivity contribution in [2.45, 2.75) is 97.5 Å². The first-order chi connectivity index (χ1) is 15.8. The van der Waals surface area contributed by atoms with Crippen molar-refractivity contribution in [3.63, 3.8) is 0 Å². The number of aliphatic hydroxyl groups is 1. The molecule has 9 atom stereocenters. The molecule has 0 saturated heterocycles. The molecule has 4 aliphatic carbocycles. The lowest BCUT2D eigenvalue weighted by Crippen LogP contribution is -2.54. The molecule has 0 radical (unpaired) electrons. The van der Waals surface area contributed by atoms with Crippen molar-refractivity contribution in [3.05, 3.63) is 0 Å². The minimum absolute atomic E-state index is 0.0598. The summed E-state index contributed by atoms with van der Waals surface area (Å²) in [7, 11) is 1.58. The van der Waals surface area contributed by atoms with E-state index < -0.39 is 0 Å². The van der Waals surface area contributed by atoms with E-state index in [4.69, 9.17) is 4.74 Å². The number of aliphatic hydroxyl groups excluding tert-OH is 1. The van der Waals surface area contributed by atoms with Crippen molar-refractivity contribution in [2.24, 2.45) is 56.7 Å². The number of nitrogens with zero attached hydrogens (tertiary/aromatic N) is 2. The lowest BCUT2D eigenvalue weighted by molar-refractivity contribution is -0.161. The van der Waals surface area contributed by atoms with Gasteiger partial charge in [-0.25, -0.2) is 0 Å². The molecule has 0 bridgehead atoms. The Kier molecular flexibility index (Phi) is 7.72. The van der Waals surface area contributed by atoms with E-state index in [9.17, 15) is 9.90 Å². The van der Waals surface area contributed by atoms with Crippen LogP contribution in [0.4, 0.5) is 0 Å². The van der Waals surface area contributed by atoms with Crippen molar-refractivity contribution in [3.8, 4) is 0 Å². The molecule has 4 unspecified atom stereocenters. The van der Waals surface area contributed by atoms with Crippen LogP contribution in [-0.4, -0.2) is 37.4 Å². The normalized spacial score (nSPS) is 43.4. The average molecular weight is 462 g/mol. The summed E-state index contributed by atoms with van der Waals surface area (Å²) >= 11 is 0. The number of hydrogen-bond donors (Lipinski definition) is 2. The Morgan fingerprint density at radius 1 is 1.09 bits per heavy atom. The Balaban J connectivity index is 1.39. The topological polar surface area (TPSA) is 83.3 Å². The van der Waals surface area contributed by atoms with Gasteiger partial charge in [0.2, 0.25) is 0 Å². The van der Waals surface area contributed by atoms with E-state index in [1.807, 2.05) is 0 Å². The number of carbonyl (C=O) groups is 1. The van der Waals surface area contributed by atoms with Gasteiger partial charge < -0.3 is 9.84 Å². The number of ether oxygens (including phenoxy) is 1. The van der Waals surface area contributed by atoms with Crippen LogP contribution >= 0.6 is 0 Å². The molecule has 0 heterocycles. The molecule has 33 heavy (non-hydrogen) atoms. The maximum atomic E-state index is 12.2. The molecule has 6 heteroatoms. The summed E-state index contributed by atoms with van der Waals surface area (Å²) in [6.45, 7) is 8.07. The first-order valence-corrected chi connectivity index (χ1v) is 13.7. The fourth-order valence-corrected chi connectivity index (χ4v) is 9.31. The Labute approximate surface area is 200 Å². The standard InChI is InChI=1S/C27H47N3O3/c1-18(6-5-15-31)22-9-10-23-21-8-7-19-16-20(33-25(32)17-29-30-28-4)11-13-26(19,2)24(21)12-14-27(22,23)3/h18-24,31H,5-17H2,1-4H3,(H,28,29)/t18-,19-,20-,21+,22?,23+,24?,26?,27?/m1/s1. The minimum Gasteiger partial charge on any atom is -0.461 e. The number of rotatable bonds is 8. The molecule has 4 rings (SSSR count). The second-order valence-electron chi connectivity index (χ2n) is 12.2. The summed E-state index contributed by atoms with van der Waals surface area (Å²) in [5, 5.41) is 16.6. The maximum absolute atomic E-state index is 12.2. The van der Waals surface area contributed by atoms with E-state index >= 15 is 0 Å². The van der Waals surface area contributed by atoms with E-state index in [2.05, 4.69) is 36.5 Å². The van der Waals surface area contributed by atoms with Crippen molar-refractivity contribution in [1.29, 1.82) is 0 Å². The molecule has 0 aromatic heterocycles. The first kappa shape index (κ1) is 24.9. The monoisotopic (exact) mass is 461 g/mol. The summed E-state index contributed by atoms with van der Waals surface area (Å²) in [6, 6.07) is 0. The van der Waals surface area contributed by atoms with E-state index in [0.717, 1.165) is 48.9 Å². The van der Waals surface area contributed by atoms with Gasteiger partial charge in [0, 0.05) is 6.61 Å². The van der Waals surface area contributed by atoms with Crippen LogP contribution in [-0.2, 0) is 9.53 Å². The predicted octanol–water partition coefficient (Wildman–Crippen LogP) is 5.55. The van der Waals surface area contributed by atoms with Crippen LogP contribution in [0, 0.1) is 46.3 Å². The highest BCUT2D eigenvalue weighted by Crippen LogP contribution is 2.68. The average Bonchev–Trinajstić information content (AvgIpc) is 3.15. The van der Waals surface area contributed by atoms with Gasteiger partial charge in [-0.2, -0.15) is 5.11 Å². The summed E-state index contributed by atoms with van der Waals surface area (Å²) in [5.74, 6) is 4.62. The number of esters is 1. The summed E-state index contributed by atoms with van der Waals surface area (Å²) in [4.78, 5) is 12.2. The van der Waals surface area contributed by atoms with E-state index in [0.29, 0.717) is 23.4 Å². The van der Waals surface area contributed by atoms with Gasteiger partial charge >= 0.3 is 5.97 Å². The van der Waals surface area contributed by atoms with Crippen LogP contribution in [0.25, 0.3) is 0 Å². The van der Waals surface area contributed by atoms with Crippen LogP contribution in [0.15, 0.2) is 10.3 Å². The zero-order chi connectivity index (χ0) is 23.6. The molecule has 188 valence electrons. The molecule has 4 fully saturated rings. The molecule has 0 aromatic carbocycles. The SMILES string of the molecule is C/N=N\NCC(=O)O[C@@H]1CCC2(C)C3CCC4(C)C([C@H](C)CCCO)CC[C@H]4[C@@H]3CC[C@@H]2C1. The zero-order valence-corrected chi connectivity index (χ0v) is 21.4. The summed E-state index contributed by atoms with van der Waals surface area (Å²) < 4.78 is 5.81. The molecule has 2 N–H and O–H groups in total. The van der Waals surface area contributed by atoms with E-state index in [-0.39, 0.29) is 18.6 Å². The third-order valence-corrected chi connectivity index (χ3v) is 10.9. The second kappa shape index (κ2) is 10.2. The largest absolute Gasteiger partial charge is 0.461 e. The van der Waals surface area contributed by atoms with Gasteiger partial charge in [-0.15, -0.1) is 0 Å². The quantitative estimate of drug-likeness (QED) is 0.282. The van der Waals surface area contributed by atoms with Crippen LogP contribution in [0.1, 0.15) is 91.4 Å². The third-order valence-electron chi connectivity index (χ3n) is 10.9. The van der Waals surface area contributed by atoms with Crippen molar-refractivity contribution < 1.29 is 14.6 Å². The highest BCUT2D eigenvalue weighted by Gasteiger charge is 2.60. The van der Waals surface area contributed by atoms with Crippen molar-refractivity contribution in [1.82, 2.24) is 5.43 Å². The third kappa shape index (κ3) is 4.70. The number of carbonyl (C=O) groups excluding carboxylic acids is 1. The van der Waals surface area contributed by atoms with Crippen LogP contribution in [0.3, 0.4) is 0 Å². The Morgan fingerprint density at radius 3 is 2.61 bits per heavy atom. The van der Waals surface area contributed by atoms with Crippen molar-refractivity contribution in [2.75, 3.05) is 20.2 Å². The number of fused-ring (bicyclic) bond motifs is 5. The van der Waals surface area contributed by atoms with Crippen LogP contribution < -0.4 is 5.43 Å². The summed E-state index contributed by atoms with van der Waals surface area (Å²) in [6.07, 6.45) is 13.6. The maximum Gasteiger partial charge on any atom is 0.327 e. The highest BCUT2D eigenvalue weighted by molar-refractivity contribution is 5.71. The number of nitrogens with one attached hydrogen (secondary N) is 1. The van der Waals surface area contributed by atoms with Crippen LogP contribution in [0.5, 0.6) is 0 Å². The van der Waals surface area contributed by atoms with Gasteiger partial charge in [0.25, 0.3) is 0 Å². The first-order valence-electron chi connectivity index (χ1n) is 13.7. The smallest absolute Gasteiger partial charge is 0.327 e. The van der Waals surface area contributed by atoms with Gasteiger partial charge in [-0.05, 0) is 117 Å². The molecule has 4 saturated carbocycles. The number of hydrogen-bond acceptors (Lipinski definition) is 5. The van der Waals surface area contributed by atoms with Gasteiger partial charge in [0.1, 0.15) is 12.6 Å². The fourth-order valence-electron chi connectivity index (χ4n) is 9.31. The molecule has 4 aliphatic rings. The van der Waals surface area contributed by atoms with Gasteiger partial charge in [-0.3, -0.25) is 10.2 Å². The molecule has 6 nitrogen and oxygen atoms in total. The Hall–Kier alpha value is -1.17. The minimum atomic E-state index is -0.217. The van der Waals surface area contributed by atoms with Gasteiger partial charge in [0.05, 0.1) is 7.05 Å². The molecular formula is C27H47N3O3. The molecular weight excluding hydrogens is 414 g/mol. The molecule has 0 aromatic rings.